The van der Waals surface area contributed by atoms with Gasteiger partial charge in [-0.3, -0.25) is 14.3 Å². The predicted octanol–water partition coefficient (Wildman–Crippen LogP) is 4.05. The zero-order valence-corrected chi connectivity index (χ0v) is 20.6. The molecule has 1 fully saturated rings. The maximum atomic E-state index is 12.9. The van der Waals surface area contributed by atoms with Gasteiger partial charge in [-0.15, -0.1) is 11.3 Å². The molecule has 10 heteroatoms. The molecule has 2 N–H and O–H groups in total. The molecule has 8 nitrogen and oxygen atoms in total. The van der Waals surface area contributed by atoms with Crippen LogP contribution in [0.1, 0.15) is 34.5 Å². The number of hydrogen-bond donors (Lipinski definition) is 2. The number of carbonyl (C=O) groups excluding carboxylic acids is 2. The van der Waals surface area contributed by atoms with Gasteiger partial charge in [0.05, 0.1) is 16.3 Å². The van der Waals surface area contributed by atoms with Gasteiger partial charge in [0.15, 0.2) is 5.13 Å². The van der Waals surface area contributed by atoms with Crippen LogP contribution in [0.5, 0.6) is 0 Å². The molecule has 1 aliphatic rings. The average molecular weight is 499 g/mol. The van der Waals surface area contributed by atoms with Gasteiger partial charge in [-0.1, -0.05) is 18.2 Å². The molecule has 0 saturated carbocycles. The SMILES string of the molecule is Cc1csc(NC(=O)C2CCN(C(=O)c3ccc(S(=O)(=O)Nc4ccccc4C)cc3)CC2)n1. The lowest BCUT2D eigenvalue weighted by Crippen LogP contribution is -2.41. The number of aryl methyl sites for hydroxylation is 2. The molecule has 4 rings (SSSR count). The van der Waals surface area contributed by atoms with E-state index in [0.29, 0.717) is 42.3 Å². The number of sulfonamides is 1. The molecule has 0 atom stereocenters. The lowest BCUT2D eigenvalue weighted by molar-refractivity contribution is -0.121. The Bertz CT molecular complexity index is 1290. The van der Waals surface area contributed by atoms with E-state index in [2.05, 4.69) is 15.0 Å². The fraction of sp³-hybridized carbons (Fsp3) is 0.292. The first-order valence-corrected chi connectivity index (χ1v) is 13.3. The summed E-state index contributed by atoms with van der Waals surface area (Å²) in [4.78, 5) is 31.5. The van der Waals surface area contributed by atoms with E-state index >= 15 is 0 Å². The lowest BCUT2D eigenvalue weighted by Gasteiger charge is -2.31. The average Bonchev–Trinajstić information content (AvgIpc) is 3.24. The highest BCUT2D eigenvalue weighted by Crippen LogP contribution is 2.24. The molecule has 0 spiro atoms. The van der Waals surface area contributed by atoms with Crippen molar-refractivity contribution in [1.29, 1.82) is 0 Å². The van der Waals surface area contributed by atoms with Crippen molar-refractivity contribution in [1.82, 2.24) is 9.88 Å². The van der Waals surface area contributed by atoms with E-state index in [4.69, 9.17) is 0 Å². The van der Waals surface area contributed by atoms with Crippen molar-refractivity contribution >= 4 is 44.0 Å². The maximum Gasteiger partial charge on any atom is 0.261 e. The number of para-hydroxylation sites is 1. The van der Waals surface area contributed by atoms with Crippen LogP contribution < -0.4 is 10.0 Å². The van der Waals surface area contributed by atoms with Crippen molar-refractivity contribution in [3.63, 3.8) is 0 Å². The summed E-state index contributed by atoms with van der Waals surface area (Å²) in [5, 5.41) is 5.32. The first-order chi connectivity index (χ1) is 16.2. The fourth-order valence-corrected chi connectivity index (χ4v) is 5.64. The molecule has 0 aliphatic carbocycles. The van der Waals surface area contributed by atoms with Crippen LogP contribution in [0.4, 0.5) is 10.8 Å². The molecule has 1 aromatic heterocycles. The molecular weight excluding hydrogens is 472 g/mol. The van der Waals surface area contributed by atoms with Gasteiger partial charge in [0.1, 0.15) is 0 Å². The Labute approximate surface area is 203 Å². The largest absolute Gasteiger partial charge is 0.339 e. The third-order valence-corrected chi connectivity index (χ3v) is 8.06. The van der Waals surface area contributed by atoms with Gasteiger partial charge in [0.25, 0.3) is 15.9 Å². The lowest BCUT2D eigenvalue weighted by atomic mass is 9.95. The van der Waals surface area contributed by atoms with Crippen LogP contribution in [0.2, 0.25) is 0 Å². The number of likely N-dealkylation sites (tertiary alicyclic amines) is 1. The molecule has 1 saturated heterocycles. The van der Waals surface area contributed by atoms with E-state index in [0.717, 1.165) is 11.3 Å². The predicted molar refractivity (Wildman–Crippen MR) is 133 cm³/mol. The molecule has 2 amide bonds. The van der Waals surface area contributed by atoms with Crippen molar-refractivity contribution < 1.29 is 18.0 Å². The molecular formula is C24H26N4O4S2. The van der Waals surface area contributed by atoms with Gasteiger partial charge < -0.3 is 10.2 Å². The standard InChI is InChI=1S/C24H26N4O4S2/c1-16-5-3-4-6-21(16)27-34(31,32)20-9-7-19(8-10-20)23(30)28-13-11-18(12-14-28)22(29)26-24-25-17(2)15-33-24/h3-10,15,18,27H,11-14H2,1-2H3,(H,25,26,29). The highest BCUT2D eigenvalue weighted by molar-refractivity contribution is 7.92. The second-order valence-electron chi connectivity index (χ2n) is 8.29. The second-order valence-corrected chi connectivity index (χ2v) is 10.8. The summed E-state index contributed by atoms with van der Waals surface area (Å²) in [6, 6.07) is 13.0. The summed E-state index contributed by atoms with van der Waals surface area (Å²) in [6.45, 7) is 4.62. The minimum Gasteiger partial charge on any atom is -0.339 e. The van der Waals surface area contributed by atoms with E-state index in [-0.39, 0.29) is 22.6 Å². The quantitative estimate of drug-likeness (QED) is 0.533. The van der Waals surface area contributed by atoms with Crippen LogP contribution >= 0.6 is 11.3 Å². The van der Waals surface area contributed by atoms with Crippen molar-refractivity contribution in [2.75, 3.05) is 23.1 Å². The van der Waals surface area contributed by atoms with Gasteiger partial charge in [-0.05, 0) is 62.6 Å². The number of anilines is 2. The number of aromatic nitrogens is 1. The van der Waals surface area contributed by atoms with E-state index in [1.165, 1.54) is 35.6 Å². The number of amides is 2. The molecule has 2 aromatic carbocycles. The highest BCUT2D eigenvalue weighted by Gasteiger charge is 2.28. The topological polar surface area (TPSA) is 108 Å². The summed E-state index contributed by atoms with van der Waals surface area (Å²) in [5.74, 6) is -0.421. The first kappa shape index (κ1) is 23.9. The number of piperidine rings is 1. The number of carbonyl (C=O) groups is 2. The van der Waals surface area contributed by atoms with Gasteiger partial charge in [-0.25, -0.2) is 13.4 Å². The van der Waals surface area contributed by atoms with Gasteiger partial charge >= 0.3 is 0 Å². The molecule has 0 bridgehead atoms. The Morgan fingerprint density at radius 1 is 1.03 bits per heavy atom. The van der Waals surface area contributed by atoms with E-state index < -0.39 is 10.0 Å². The number of nitrogens with one attached hydrogen (secondary N) is 2. The molecule has 1 aliphatic heterocycles. The Hall–Kier alpha value is -3.24. The van der Waals surface area contributed by atoms with Crippen LogP contribution in [0.15, 0.2) is 58.8 Å². The van der Waals surface area contributed by atoms with Crippen molar-refractivity contribution in [3.05, 3.63) is 70.7 Å². The van der Waals surface area contributed by atoms with Crippen molar-refractivity contribution in [2.24, 2.45) is 5.92 Å². The van der Waals surface area contributed by atoms with Gasteiger partial charge in [0.2, 0.25) is 5.91 Å². The van der Waals surface area contributed by atoms with Gasteiger partial charge in [-0.2, -0.15) is 0 Å². The number of thiazole rings is 1. The van der Waals surface area contributed by atoms with Gasteiger partial charge in [0, 0.05) is 30.0 Å². The molecule has 2 heterocycles. The summed E-state index contributed by atoms with van der Waals surface area (Å²) in [5.41, 5.74) is 2.61. The van der Waals surface area contributed by atoms with E-state index in [9.17, 15) is 18.0 Å². The van der Waals surface area contributed by atoms with Crippen LogP contribution in [0.3, 0.4) is 0 Å². The second kappa shape index (κ2) is 9.94. The summed E-state index contributed by atoms with van der Waals surface area (Å²) >= 11 is 1.39. The highest BCUT2D eigenvalue weighted by atomic mass is 32.2. The molecule has 34 heavy (non-hydrogen) atoms. The Balaban J connectivity index is 1.35. The number of nitrogens with zero attached hydrogens (tertiary/aromatic N) is 2. The minimum atomic E-state index is -3.77. The van der Waals surface area contributed by atoms with Crippen LogP contribution in [0, 0.1) is 19.8 Å². The molecule has 0 radical (unpaired) electrons. The van der Waals surface area contributed by atoms with Crippen LogP contribution in [-0.2, 0) is 14.8 Å². The Morgan fingerprint density at radius 2 is 1.71 bits per heavy atom. The molecule has 0 unspecified atom stereocenters. The summed E-state index contributed by atoms with van der Waals surface area (Å²) < 4.78 is 28.0. The normalized spacial score (nSPS) is 14.6. The summed E-state index contributed by atoms with van der Waals surface area (Å²) in [7, 11) is -3.77. The monoisotopic (exact) mass is 498 g/mol. The van der Waals surface area contributed by atoms with Crippen LogP contribution in [-0.4, -0.2) is 43.2 Å². The summed E-state index contributed by atoms with van der Waals surface area (Å²) in [6.07, 6.45) is 1.13. The fourth-order valence-electron chi connectivity index (χ4n) is 3.81. The van der Waals surface area contributed by atoms with Crippen molar-refractivity contribution in [2.45, 2.75) is 31.6 Å². The third-order valence-electron chi connectivity index (χ3n) is 5.80. The minimum absolute atomic E-state index is 0.0721. The molecule has 178 valence electrons. The Morgan fingerprint density at radius 3 is 2.32 bits per heavy atom. The number of hydrogen-bond acceptors (Lipinski definition) is 6. The van der Waals surface area contributed by atoms with Crippen LogP contribution in [0.25, 0.3) is 0 Å². The number of rotatable bonds is 6. The maximum absolute atomic E-state index is 12.9. The molecule has 3 aromatic rings. The van der Waals surface area contributed by atoms with Crippen molar-refractivity contribution in [3.8, 4) is 0 Å². The smallest absolute Gasteiger partial charge is 0.261 e. The number of benzene rings is 2. The van der Waals surface area contributed by atoms with E-state index in [1.807, 2.05) is 31.4 Å². The first-order valence-electron chi connectivity index (χ1n) is 10.9. The van der Waals surface area contributed by atoms with E-state index in [1.54, 1.807) is 17.0 Å². The zero-order valence-electron chi connectivity index (χ0n) is 18.9. The third kappa shape index (κ3) is 5.45. The zero-order chi connectivity index (χ0) is 24.3. The Kier molecular flexibility index (Phi) is 6.99.